The Labute approximate surface area is 61.8 Å². The molecule has 0 saturated heterocycles. The summed E-state index contributed by atoms with van der Waals surface area (Å²) in [5.41, 5.74) is 0. The van der Waals surface area contributed by atoms with Crippen LogP contribution in [0.15, 0.2) is 0 Å². The molecule has 0 fully saturated rings. The fraction of sp³-hybridized carbons (Fsp3) is 0.800. The number of ether oxygens (including phenoxy) is 1. The third kappa shape index (κ3) is 7.11. The number of alkyl halides is 3. The molecule has 0 aromatic carbocycles. The molecule has 0 amide bonds. The number of hydrogen-bond acceptors (Lipinski definition) is 3. The molecule has 6 heteroatoms. The van der Waals surface area contributed by atoms with Crippen molar-refractivity contribution in [2.24, 2.45) is 0 Å². The lowest BCUT2D eigenvalue weighted by Crippen LogP contribution is -2.25. The van der Waals surface area contributed by atoms with E-state index in [0.29, 0.717) is 0 Å². The first-order chi connectivity index (χ1) is 4.98. The van der Waals surface area contributed by atoms with Gasteiger partial charge >= 0.3 is 12.1 Å². The molecule has 0 aromatic heterocycles. The molecule has 0 spiro atoms. The number of aliphatic hydroxyl groups is 1. The molecule has 0 radical (unpaired) electrons. The lowest BCUT2D eigenvalue weighted by Gasteiger charge is -2.02. The van der Waals surface area contributed by atoms with Crippen molar-refractivity contribution in [3.63, 3.8) is 0 Å². The molecule has 0 heterocycles. The molecule has 0 aliphatic heterocycles. The standard InChI is InChI=1S/C4H5F3O2.CH4O/c1-2-9-3(8)4(5,6)7;1-2/h2H2,1H3;2H,1H3. The average molecular weight is 174 g/mol. The first-order valence-corrected chi connectivity index (χ1v) is 2.67. The molecule has 0 aliphatic rings. The fourth-order valence-electron chi connectivity index (χ4n) is 0.213. The summed E-state index contributed by atoms with van der Waals surface area (Å²) < 4.78 is 37.1. The summed E-state index contributed by atoms with van der Waals surface area (Å²) in [6.07, 6.45) is -4.85. The number of carbonyl (C=O) groups is 1. The largest absolute Gasteiger partial charge is 0.490 e. The van der Waals surface area contributed by atoms with Gasteiger partial charge in [0.1, 0.15) is 0 Å². The minimum atomic E-state index is -4.85. The third-order valence-electron chi connectivity index (χ3n) is 0.507. The number of rotatable bonds is 1. The van der Waals surface area contributed by atoms with Gasteiger partial charge in [-0.3, -0.25) is 0 Å². The lowest BCUT2D eigenvalue weighted by molar-refractivity contribution is -0.199. The van der Waals surface area contributed by atoms with E-state index in [9.17, 15) is 18.0 Å². The first-order valence-electron chi connectivity index (χ1n) is 2.67. The maximum absolute atomic E-state index is 11.2. The first kappa shape index (κ1) is 12.9. The Morgan fingerprint density at radius 1 is 1.45 bits per heavy atom. The van der Waals surface area contributed by atoms with Crippen molar-refractivity contribution in [2.75, 3.05) is 13.7 Å². The van der Waals surface area contributed by atoms with Crippen LogP contribution in [-0.2, 0) is 9.53 Å². The Balaban J connectivity index is 0. The summed E-state index contributed by atoms with van der Waals surface area (Å²) in [6.45, 7) is 1.06. The summed E-state index contributed by atoms with van der Waals surface area (Å²) >= 11 is 0. The normalized spacial score (nSPS) is 9.64. The fourth-order valence-corrected chi connectivity index (χ4v) is 0.213. The van der Waals surface area contributed by atoms with Gasteiger partial charge in [-0.2, -0.15) is 13.2 Å². The molecule has 0 aromatic rings. The second-order valence-corrected chi connectivity index (χ2v) is 1.22. The van der Waals surface area contributed by atoms with E-state index in [1.54, 1.807) is 0 Å². The predicted molar refractivity (Wildman–Crippen MR) is 30.8 cm³/mol. The Morgan fingerprint density at radius 3 is 1.91 bits per heavy atom. The Morgan fingerprint density at radius 2 is 1.82 bits per heavy atom. The van der Waals surface area contributed by atoms with Gasteiger partial charge < -0.3 is 9.84 Å². The van der Waals surface area contributed by atoms with Crippen molar-refractivity contribution in [1.29, 1.82) is 0 Å². The Kier molecular flexibility index (Phi) is 6.97. The van der Waals surface area contributed by atoms with Crippen molar-refractivity contribution in [1.82, 2.24) is 0 Å². The summed E-state index contributed by atoms with van der Waals surface area (Å²) in [7, 11) is 1.00. The highest BCUT2D eigenvalue weighted by Crippen LogP contribution is 2.15. The summed E-state index contributed by atoms with van der Waals surface area (Å²) in [5.74, 6) is -2.13. The summed E-state index contributed by atoms with van der Waals surface area (Å²) in [4.78, 5) is 9.72. The smallest absolute Gasteiger partial charge is 0.459 e. The molecular formula is C5H9F3O3. The number of carbonyl (C=O) groups excluding carboxylic acids is 1. The molecule has 3 nitrogen and oxygen atoms in total. The van der Waals surface area contributed by atoms with Crippen molar-refractivity contribution >= 4 is 5.97 Å². The van der Waals surface area contributed by atoms with Gasteiger partial charge in [-0.1, -0.05) is 0 Å². The van der Waals surface area contributed by atoms with Gasteiger partial charge in [0.15, 0.2) is 0 Å². The van der Waals surface area contributed by atoms with Crippen LogP contribution < -0.4 is 0 Å². The van der Waals surface area contributed by atoms with Gasteiger partial charge in [0.2, 0.25) is 0 Å². The maximum Gasteiger partial charge on any atom is 0.490 e. The van der Waals surface area contributed by atoms with E-state index in [1.807, 2.05) is 0 Å². The highest BCUT2D eigenvalue weighted by molar-refractivity contribution is 5.75. The zero-order chi connectivity index (χ0) is 9.49. The van der Waals surface area contributed by atoms with Gasteiger partial charge in [-0.25, -0.2) is 4.79 Å². The van der Waals surface area contributed by atoms with E-state index < -0.39 is 12.1 Å². The Bertz CT molecular complexity index is 110. The van der Waals surface area contributed by atoms with E-state index in [-0.39, 0.29) is 6.61 Å². The molecule has 0 bridgehead atoms. The van der Waals surface area contributed by atoms with Gasteiger partial charge in [0.25, 0.3) is 0 Å². The minimum absolute atomic E-state index is 0.252. The zero-order valence-corrected chi connectivity index (χ0v) is 6.10. The van der Waals surface area contributed by atoms with Crippen LogP contribution >= 0.6 is 0 Å². The zero-order valence-electron chi connectivity index (χ0n) is 6.10. The van der Waals surface area contributed by atoms with Gasteiger partial charge in [0.05, 0.1) is 6.61 Å². The molecule has 68 valence electrons. The van der Waals surface area contributed by atoms with E-state index >= 15 is 0 Å². The number of halogens is 3. The summed E-state index contributed by atoms with van der Waals surface area (Å²) in [6, 6.07) is 0. The SMILES string of the molecule is CCOC(=O)C(F)(F)F.CO. The van der Waals surface area contributed by atoms with E-state index in [0.717, 1.165) is 7.11 Å². The minimum Gasteiger partial charge on any atom is -0.459 e. The summed E-state index contributed by atoms with van der Waals surface area (Å²) in [5, 5.41) is 7.00. The van der Waals surface area contributed by atoms with Crippen molar-refractivity contribution in [3.05, 3.63) is 0 Å². The van der Waals surface area contributed by atoms with E-state index in [1.165, 1.54) is 6.92 Å². The topological polar surface area (TPSA) is 46.5 Å². The van der Waals surface area contributed by atoms with Gasteiger partial charge in [-0.05, 0) is 6.92 Å². The molecule has 0 saturated carbocycles. The highest BCUT2D eigenvalue weighted by atomic mass is 19.4. The van der Waals surface area contributed by atoms with Gasteiger partial charge in [-0.15, -0.1) is 0 Å². The van der Waals surface area contributed by atoms with Crippen LogP contribution in [-0.4, -0.2) is 31.0 Å². The van der Waals surface area contributed by atoms with Crippen LogP contribution in [0.1, 0.15) is 6.92 Å². The molecule has 0 atom stereocenters. The maximum atomic E-state index is 11.2. The predicted octanol–water partition coefficient (Wildman–Crippen LogP) is 0.720. The van der Waals surface area contributed by atoms with E-state index in [4.69, 9.17) is 5.11 Å². The molecule has 11 heavy (non-hydrogen) atoms. The second-order valence-electron chi connectivity index (χ2n) is 1.22. The third-order valence-corrected chi connectivity index (χ3v) is 0.507. The van der Waals surface area contributed by atoms with Crippen LogP contribution in [0.4, 0.5) is 13.2 Å². The van der Waals surface area contributed by atoms with Crippen LogP contribution in [0.3, 0.4) is 0 Å². The van der Waals surface area contributed by atoms with Crippen molar-refractivity contribution in [2.45, 2.75) is 13.1 Å². The number of esters is 1. The van der Waals surface area contributed by atoms with E-state index in [2.05, 4.69) is 4.74 Å². The molecular weight excluding hydrogens is 165 g/mol. The molecule has 0 unspecified atom stereocenters. The number of hydrogen-bond donors (Lipinski definition) is 1. The van der Waals surface area contributed by atoms with Gasteiger partial charge in [0, 0.05) is 7.11 Å². The Hall–Kier alpha value is -0.780. The van der Waals surface area contributed by atoms with Crippen LogP contribution in [0, 0.1) is 0 Å². The lowest BCUT2D eigenvalue weighted by atomic mass is 10.7. The highest BCUT2D eigenvalue weighted by Gasteiger charge is 2.40. The molecule has 0 rings (SSSR count). The molecule has 0 aliphatic carbocycles. The monoisotopic (exact) mass is 174 g/mol. The number of aliphatic hydroxyl groups excluding tert-OH is 1. The van der Waals surface area contributed by atoms with Crippen molar-refractivity contribution in [3.8, 4) is 0 Å². The molecule has 1 N–H and O–H groups in total. The van der Waals surface area contributed by atoms with Crippen molar-refractivity contribution < 1.29 is 27.8 Å². The van der Waals surface area contributed by atoms with Crippen LogP contribution in [0.2, 0.25) is 0 Å². The average Bonchev–Trinajstić information content (AvgIpc) is 1.91. The second kappa shape index (κ2) is 5.96. The quantitative estimate of drug-likeness (QED) is 0.596. The van der Waals surface area contributed by atoms with Crippen LogP contribution in [0.5, 0.6) is 0 Å². The van der Waals surface area contributed by atoms with Crippen LogP contribution in [0.25, 0.3) is 0 Å².